The van der Waals surface area contributed by atoms with Gasteiger partial charge in [-0.2, -0.15) is 0 Å². The smallest absolute Gasteiger partial charge is 0.145 e. The van der Waals surface area contributed by atoms with Gasteiger partial charge >= 0.3 is 0 Å². The predicted molar refractivity (Wildman–Crippen MR) is 54.1 cm³/mol. The molecule has 3 heteroatoms. The van der Waals surface area contributed by atoms with E-state index in [1.807, 2.05) is 6.07 Å². The average molecular weight is 180 g/mol. The lowest BCUT2D eigenvalue weighted by atomic mass is 10.2. The molecular formula is C10H16N2O. The van der Waals surface area contributed by atoms with Crippen LogP contribution in [0.3, 0.4) is 0 Å². The largest absolute Gasteiger partial charge is 0.494 e. The number of hydrogen-bond donors (Lipinski definition) is 1. The number of nitrogens with zero attached hydrogens (tertiary/aromatic N) is 1. The minimum atomic E-state index is 0.616. The Bertz CT molecular complexity index is 261. The molecule has 1 N–H and O–H groups in total. The summed E-state index contributed by atoms with van der Waals surface area (Å²) < 4.78 is 5.18. The molecule has 0 amide bonds. The van der Waals surface area contributed by atoms with Crippen LogP contribution in [0.4, 0.5) is 5.69 Å². The lowest BCUT2D eigenvalue weighted by Crippen LogP contribution is -2.08. The summed E-state index contributed by atoms with van der Waals surface area (Å²) in [6, 6.07) is 1.85. The summed E-state index contributed by atoms with van der Waals surface area (Å²) in [7, 11) is 1.66. The van der Waals surface area contributed by atoms with E-state index in [1.54, 1.807) is 19.5 Å². The van der Waals surface area contributed by atoms with Crippen LogP contribution in [0.5, 0.6) is 5.75 Å². The van der Waals surface area contributed by atoms with Crippen molar-refractivity contribution in [3.8, 4) is 5.75 Å². The molecule has 1 aromatic rings. The van der Waals surface area contributed by atoms with Crippen LogP contribution in [0.1, 0.15) is 13.8 Å². The van der Waals surface area contributed by atoms with Gasteiger partial charge in [0, 0.05) is 18.8 Å². The molecule has 1 aromatic heterocycles. The monoisotopic (exact) mass is 180 g/mol. The predicted octanol–water partition coefficient (Wildman–Crippen LogP) is 2.16. The van der Waals surface area contributed by atoms with Crippen LogP contribution in [-0.4, -0.2) is 18.6 Å². The minimum absolute atomic E-state index is 0.616. The zero-order valence-electron chi connectivity index (χ0n) is 8.37. The number of aromatic nitrogens is 1. The second-order valence-corrected chi connectivity index (χ2v) is 3.35. The van der Waals surface area contributed by atoms with Gasteiger partial charge in [-0.05, 0) is 5.92 Å². The first-order chi connectivity index (χ1) is 6.24. The lowest BCUT2D eigenvalue weighted by Gasteiger charge is -2.11. The Morgan fingerprint density at radius 2 is 2.31 bits per heavy atom. The van der Waals surface area contributed by atoms with E-state index < -0.39 is 0 Å². The van der Waals surface area contributed by atoms with Crippen molar-refractivity contribution >= 4 is 5.69 Å². The summed E-state index contributed by atoms with van der Waals surface area (Å²) in [5.41, 5.74) is 0.957. The Labute approximate surface area is 79.1 Å². The minimum Gasteiger partial charge on any atom is -0.494 e. The van der Waals surface area contributed by atoms with E-state index in [2.05, 4.69) is 24.1 Å². The SMILES string of the molecule is COc1ccncc1NCC(C)C. The van der Waals surface area contributed by atoms with E-state index in [4.69, 9.17) is 4.74 Å². The van der Waals surface area contributed by atoms with E-state index in [-0.39, 0.29) is 0 Å². The average Bonchev–Trinajstić information content (AvgIpc) is 2.15. The molecule has 13 heavy (non-hydrogen) atoms. The summed E-state index contributed by atoms with van der Waals surface area (Å²) in [4.78, 5) is 4.03. The molecule has 0 aliphatic heterocycles. The highest BCUT2D eigenvalue weighted by molar-refractivity contribution is 5.54. The van der Waals surface area contributed by atoms with E-state index in [0.717, 1.165) is 18.0 Å². The molecule has 0 aromatic carbocycles. The van der Waals surface area contributed by atoms with Crippen molar-refractivity contribution < 1.29 is 4.74 Å². The van der Waals surface area contributed by atoms with Gasteiger partial charge in [0.2, 0.25) is 0 Å². The molecule has 72 valence electrons. The summed E-state index contributed by atoms with van der Waals surface area (Å²) in [6.07, 6.45) is 3.50. The third kappa shape index (κ3) is 2.93. The van der Waals surface area contributed by atoms with Crippen LogP contribution < -0.4 is 10.1 Å². The van der Waals surface area contributed by atoms with Crippen molar-refractivity contribution in [3.05, 3.63) is 18.5 Å². The van der Waals surface area contributed by atoms with E-state index >= 15 is 0 Å². The standard InChI is InChI=1S/C10H16N2O/c1-8(2)6-12-9-7-11-5-4-10(9)13-3/h4-5,7-8,12H,6H2,1-3H3. The van der Waals surface area contributed by atoms with Crippen molar-refractivity contribution in [1.29, 1.82) is 0 Å². The Hall–Kier alpha value is -1.25. The fraction of sp³-hybridized carbons (Fsp3) is 0.500. The Morgan fingerprint density at radius 1 is 1.54 bits per heavy atom. The van der Waals surface area contributed by atoms with Gasteiger partial charge in [-0.1, -0.05) is 13.8 Å². The number of nitrogens with one attached hydrogen (secondary N) is 1. The molecule has 0 spiro atoms. The zero-order valence-corrected chi connectivity index (χ0v) is 8.37. The van der Waals surface area contributed by atoms with Gasteiger partial charge in [0.1, 0.15) is 5.75 Å². The quantitative estimate of drug-likeness (QED) is 0.771. The van der Waals surface area contributed by atoms with Crippen LogP contribution in [-0.2, 0) is 0 Å². The fourth-order valence-electron chi connectivity index (χ4n) is 1.01. The van der Waals surface area contributed by atoms with Crippen LogP contribution in [0, 0.1) is 5.92 Å². The Morgan fingerprint density at radius 3 is 2.92 bits per heavy atom. The van der Waals surface area contributed by atoms with Crippen molar-refractivity contribution in [2.24, 2.45) is 5.92 Å². The molecule has 0 unspecified atom stereocenters. The molecule has 0 fully saturated rings. The molecule has 0 saturated carbocycles. The number of ether oxygens (including phenoxy) is 1. The first-order valence-corrected chi connectivity index (χ1v) is 4.46. The molecule has 0 bridgehead atoms. The maximum atomic E-state index is 5.18. The molecule has 1 rings (SSSR count). The molecule has 0 saturated heterocycles. The molecule has 0 aliphatic carbocycles. The Balaban J connectivity index is 2.64. The van der Waals surface area contributed by atoms with Gasteiger partial charge in [-0.3, -0.25) is 4.98 Å². The van der Waals surface area contributed by atoms with Crippen LogP contribution >= 0.6 is 0 Å². The first kappa shape index (κ1) is 9.84. The van der Waals surface area contributed by atoms with Crippen molar-refractivity contribution in [2.45, 2.75) is 13.8 Å². The normalized spacial score (nSPS) is 10.2. The molecule has 1 heterocycles. The maximum Gasteiger partial charge on any atom is 0.145 e. The third-order valence-corrected chi connectivity index (χ3v) is 1.70. The van der Waals surface area contributed by atoms with Gasteiger partial charge in [0.25, 0.3) is 0 Å². The topological polar surface area (TPSA) is 34.1 Å². The van der Waals surface area contributed by atoms with Gasteiger partial charge in [-0.15, -0.1) is 0 Å². The third-order valence-electron chi connectivity index (χ3n) is 1.70. The molecule has 0 atom stereocenters. The lowest BCUT2D eigenvalue weighted by molar-refractivity contribution is 0.415. The summed E-state index contributed by atoms with van der Waals surface area (Å²) in [6.45, 7) is 5.26. The van der Waals surface area contributed by atoms with Crippen LogP contribution in [0.15, 0.2) is 18.5 Å². The summed E-state index contributed by atoms with van der Waals surface area (Å²) in [5.74, 6) is 1.46. The number of anilines is 1. The number of rotatable bonds is 4. The highest BCUT2D eigenvalue weighted by Crippen LogP contribution is 2.21. The number of methoxy groups -OCH3 is 1. The number of pyridine rings is 1. The van der Waals surface area contributed by atoms with Crippen molar-refractivity contribution in [1.82, 2.24) is 4.98 Å². The highest BCUT2D eigenvalue weighted by Gasteiger charge is 2.01. The van der Waals surface area contributed by atoms with Crippen LogP contribution in [0.25, 0.3) is 0 Å². The van der Waals surface area contributed by atoms with E-state index in [9.17, 15) is 0 Å². The van der Waals surface area contributed by atoms with Gasteiger partial charge in [-0.25, -0.2) is 0 Å². The van der Waals surface area contributed by atoms with Crippen molar-refractivity contribution in [3.63, 3.8) is 0 Å². The second kappa shape index (κ2) is 4.70. The zero-order chi connectivity index (χ0) is 9.68. The maximum absolute atomic E-state index is 5.18. The number of hydrogen-bond acceptors (Lipinski definition) is 3. The van der Waals surface area contributed by atoms with E-state index in [1.165, 1.54) is 0 Å². The van der Waals surface area contributed by atoms with Gasteiger partial charge < -0.3 is 10.1 Å². The Kier molecular flexibility index (Phi) is 3.55. The van der Waals surface area contributed by atoms with Crippen molar-refractivity contribution in [2.75, 3.05) is 19.0 Å². The van der Waals surface area contributed by atoms with Gasteiger partial charge in [0.05, 0.1) is 19.0 Å². The van der Waals surface area contributed by atoms with Crippen LogP contribution in [0.2, 0.25) is 0 Å². The fourth-order valence-corrected chi connectivity index (χ4v) is 1.01. The molecule has 3 nitrogen and oxygen atoms in total. The first-order valence-electron chi connectivity index (χ1n) is 4.46. The van der Waals surface area contributed by atoms with Gasteiger partial charge in [0.15, 0.2) is 0 Å². The second-order valence-electron chi connectivity index (χ2n) is 3.35. The molecule has 0 radical (unpaired) electrons. The summed E-state index contributed by atoms with van der Waals surface area (Å²) >= 11 is 0. The molecule has 0 aliphatic rings. The summed E-state index contributed by atoms with van der Waals surface area (Å²) in [5, 5.41) is 3.28. The van der Waals surface area contributed by atoms with E-state index in [0.29, 0.717) is 5.92 Å². The molecular weight excluding hydrogens is 164 g/mol. The highest BCUT2D eigenvalue weighted by atomic mass is 16.5.